The summed E-state index contributed by atoms with van der Waals surface area (Å²) in [5.41, 5.74) is 0.878. The fourth-order valence-corrected chi connectivity index (χ4v) is 2.91. The Hall–Kier alpha value is -3.55. The van der Waals surface area contributed by atoms with Gasteiger partial charge in [-0.1, -0.05) is 48.5 Å². The summed E-state index contributed by atoms with van der Waals surface area (Å²) in [7, 11) is 0. The lowest BCUT2D eigenvalue weighted by Gasteiger charge is -2.23. The molecule has 0 unspecified atom stereocenters. The molecule has 2 aromatic carbocycles. The predicted molar refractivity (Wildman–Crippen MR) is 127 cm³/mol. The second kappa shape index (κ2) is 13.1. The number of amides is 3. The molecule has 0 aromatic heterocycles. The van der Waals surface area contributed by atoms with Crippen LogP contribution < -0.4 is 16.0 Å². The molecule has 0 fully saturated rings. The fourth-order valence-electron chi connectivity index (χ4n) is 2.91. The van der Waals surface area contributed by atoms with Crippen molar-refractivity contribution in [3.05, 3.63) is 66.2 Å². The molecule has 8 heteroatoms. The molecule has 0 heterocycles. The largest absolute Gasteiger partial charge is 0.445 e. The van der Waals surface area contributed by atoms with E-state index in [9.17, 15) is 14.4 Å². The third kappa shape index (κ3) is 11.0. The number of benzene rings is 2. The Morgan fingerprint density at radius 3 is 2.15 bits per heavy atom. The molecule has 33 heavy (non-hydrogen) atoms. The van der Waals surface area contributed by atoms with Gasteiger partial charge in [0.15, 0.2) is 0 Å². The second-order valence-electron chi connectivity index (χ2n) is 8.54. The first-order chi connectivity index (χ1) is 15.7. The quantitative estimate of drug-likeness (QED) is 0.454. The molecule has 0 saturated carbocycles. The van der Waals surface area contributed by atoms with E-state index in [0.717, 1.165) is 5.56 Å². The molecule has 3 amide bonds. The summed E-state index contributed by atoms with van der Waals surface area (Å²) >= 11 is 0. The maximum absolute atomic E-state index is 12.7. The van der Waals surface area contributed by atoms with Crippen molar-refractivity contribution >= 4 is 23.8 Å². The maximum atomic E-state index is 12.7. The van der Waals surface area contributed by atoms with Crippen molar-refractivity contribution in [2.75, 3.05) is 11.9 Å². The first-order valence-corrected chi connectivity index (χ1v) is 11.0. The van der Waals surface area contributed by atoms with Crippen LogP contribution in [0.15, 0.2) is 60.7 Å². The Labute approximate surface area is 195 Å². The summed E-state index contributed by atoms with van der Waals surface area (Å²) in [6.45, 7) is 5.87. The molecule has 0 radical (unpaired) electrons. The van der Waals surface area contributed by atoms with Crippen LogP contribution in [0.5, 0.6) is 0 Å². The van der Waals surface area contributed by atoms with Gasteiger partial charge in [0.1, 0.15) is 18.2 Å². The average molecular weight is 456 g/mol. The van der Waals surface area contributed by atoms with Gasteiger partial charge in [-0.15, -0.1) is 0 Å². The number of carbonyl (C=O) groups excluding carboxylic acids is 3. The van der Waals surface area contributed by atoms with Crippen LogP contribution in [0.2, 0.25) is 0 Å². The van der Waals surface area contributed by atoms with Crippen LogP contribution in [0.3, 0.4) is 0 Å². The number of rotatable bonds is 10. The van der Waals surface area contributed by atoms with Gasteiger partial charge in [-0.2, -0.15) is 0 Å². The van der Waals surface area contributed by atoms with E-state index in [-0.39, 0.29) is 12.5 Å². The molecule has 0 saturated heterocycles. The van der Waals surface area contributed by atoms with Crippen LogP contribution >= 0.6 is 0 Å². The fraction of sp³-hybridized carbons (Fsp3) is 0.400. The molecule has 178 valence electrons. The van der Waals surface area contributed by atoms with Crippen molar-refractivity contribution in [2.45, 2.75) is 58.3 Å². The van der Waals surface area contributed by atoms with Gasteiger partial charge in [0.25, 0.3) is 0 Å². The minimum absolute atomic E-state index is 0.203. The van der Waals surface area contributed by atoms with Crippen LogP contribution in [0, 0.1) is 0 Å². The van der Waals surface area contributed by atoms with Crippen LogP contribution in [-0.4, -0.2) is 36.3 Å². The average Bonchev–Trinajstić information content (AvgIpc) is 2.76. The summed E-state index contributed by atoms with van der Waals surface area (Å²) in [6.07, 6.45) is 0.452. The van der Waals surface area contributed by atoms with E-state index in [4.69, 9.17) is 9.47 Å². The maximum Gasteiger partial charge on any atom is 0.408 e. The van der Waals surface area contributed by atoms with Gasteiger partial charge in [-0.05, 0) is 57.7 Å². The van der Waals surface area contributed by atoms with Crippen molar-refractivity contribution in [3.8, 4) is 0 Å². The zero-order valence-electron chi connectivity index (χ0n) is 19.4. The van der Waals surface area contributed by atoms with Gasteiger partial charge in [-0.25, -0.2) is 9.59 Å². The van der Waals surface area contributed by atoms with Gasteiger partial charge in [-0.3, -0.25) is 4.79 Å². The normalized spacial score (nSPS) is 11.7. The first kappa shape index (κ1) is 25.7. The summed E-state index contributed by atoms with van der Waals surface area (Å²) in [6, 6.07) is 17.7. The van der Waals surface area contributed by atoms with E-state index < -0.39 is 23.8 Å². The van der Waals surface area contributed by atoms with Gasteiger partial charge >= 0.3 is 12.2 Å². The molecule has 0 aliphatic heterocycles. The summed E-state index contributed by atoms with van der Waals surface area (Å²) in [5, 5.41) is 8.14. The molecule has 2 rings (SSSR count). The number of carbonyl (C=O) groups is 3. The molecular weight excluding hydrogens is 422 g/mol. The third-order valence-corrected chi connectivity index (χ3v) is 4.45. The number of hydrogen-bond donors (Lipinski definition) is 3. The number of alkyl carbamates (subject to hydrolysis) is 2. The lowest BCUT2D eigenvalue weighted by molar-refractivity contribution is -0.118. The molecule has 2 aromatic rings. The Morgan fingerprint density at radius 2 is 1.52 bits per heavy atom. The zero-order valence-corrected chi connectivity index (χ0v) is 19.4. The molecule has 0 bridgehead atoms. The van der Waals surface area contributed by atoms with E-state index in [0.29, 0.717) is 31.5 Å². The second-order valence-corrected chi connectivity index (χ2v) is 8.54. The van der Waals surface area contributed by atoms with Crippen LogP contribution in [0.4, 0.5) is 15.3 Å². The number of unbranched alkanes of at least 4 members (excludes halogenated alkanes) is 1. The Bertz CT molecular complexity index is 882. The zero-order chi connectivity index (χ0) is 24.1. The van der Waals surface area contributed by atoms with Crippen molar-refractivity contribution in [2.24, 2.45) is 0 Å². The first-order valence-electron chi connectivity index (χ1n) is 11.0. The van der Waals surface area contributed by atoms with Crippen LogP contribution in [-0.2, 0) is 20.9 Å². The van der Waals surface area contributed by atoms with E-state index in [2.05, 4.69) is 16.0 Å². The van der Waals surface area contributed by atoms with Crippen molar-refractivity contribution in [1.29, 1.82) is 0 Å². The summed E-state index contributed by atoms with van der Waals surface area (Å²) in [5.74, 6) is -0.331. The van der Waals surface area contributed by atoms with E-state index >= 15 is 0 Å². The highest BCUT2D eigenvalue weighted by atomic mass is 16.6. The van der Waals surface area contributed by atoms with Gasteiger partial charge < -0.3 is 25.4 Å². The Kier molecular flexibility index (Phi) is 10.2. The molecule has 1 atom stereocenters. The SMILES string of the molecule is CC(C)(C)OC(=O)N[C@@H](CCCCNC(=O)OCc1ccccc1)C(=O)Nc1ccccc1. The highest BCUT2D eigenvalue weighted by molar-refractivity contribution is 5.96. The Balaban J connectivity index is 1.78. The Morgan fingerprint density at radius 1 is 0.879 bits per heavy atom. The van der Waals surface area contributed by atoms with Crippen molar-refractivity contribution < 1.29 is 23.9 Å². The molecule has 3 N–H and O–H groups in total. The minimum Gasteiger partial charge on any atom is -0.445 e. The third-order valence-electron chi connectivity index (χ3n) is 4.45. The highest BCUT2D eigenvalue weighted by Crippen LogP contribution is 2.11. The van der Waals surface area contributed by atoms with Gasteiger partial charge in [0.05, 0.1) is 0 Å². The lowest BCUT2D eigenvalue weighted by Crippen LogP contribution is -2.45. The number of nitrogens with one attached hydrogen (secondary N) is 3. The predicted octanol–water partition coefficient (Wildman–Crippen LogP) is 4.62. The van der Waals surface area contributed by atoms with Crippen molar-refractivity contribution in [1.82, 2.24) is 10.6 Å². The van der Waals surface area contributed by atoms with Gasteiger partial charge in [0.2, 0.25) is 5.91 Å². The molecular formula is C25H33N3O5. The number of para-hydroxylation sites is 1. The van der Waals surface area contributed by atoms with E-state index in [1.54, 1.807) is 32.9 Å². The molecule has 0 aliphatic rings. The molecule has 0 aliphatic carbocycles. The van der Waals surface area contributed by atoms with Crippen LogP contribution in [0.1, 0.15) is 45.6 Å². The van der Waals surface area contributed by atoms with E-state index in [1.165, 1.54) is 0 Å². The van der Waals surface area contributed by atoms with E-state index in [1.807, 2.05) is 48.5 Å². The monoisotopic (exact) mass is 455 g/mol. The summed E-state index contributed by atoms with van der Waals surface area (Å²) < 4.78 is 10.5. The molecule has 0 spiro atoms. The molecule has 8 nitrogen and oxygen atoms in total. The smallest absolute Gasteiger partial charge is 0.408 e. The standard InChI is InChI=1S/C25H33N3O5/c1-25(2,3)33-24(31)28-21(22(29)27-20-14-8-5-9-15-20)16-10-11-17-26-23(30)32-18-19-12-6-4-7-13-19/h4-9,12-15,21H,10-11,16-18H2,1-3H3,(H,26,30)(H,27,29)(H,28,31)/t21-/m0/s1. The van der Waals surface area contributed by atoms with Gasteiger partial charge in [0, 0.05) is 12.2 Å². The van der Waals surface area contributed by atoms with Crippen molar-refractivity contribution in [3.63, 3.8) is 0 Å². The minimum atomic E-state index is -0.773. The number of ether oxygens (including phenoxy) is 2. The number of anilines is 1. The highest BCUT2D eigenvalue weighted by Gasteiger charge is 2.24. The topological polar surface area (TPSA) is 106 Å². The number of hydrogen-bond acceptors (Lipinski definition) is 5. The van der Waals surface area contributed by atoms with Crippen LogP contribution in [0.25, 0.3) is 0 Å². The lowest BCUT2D eigenvalue weighted by atomic mass is 10.1. The summed E-state index contributed by atoms with van der Waals surface area (Å²) in [4.78, 5) is 36.8.